The van der Waals surface area contributed by atoms with Crippen molar-refractivity contribution in [3.63, 3.8) is 0 Å². The van der Waals surface area contributed by atoms with Crippen molar-refractivity contribution in [1.82, 2.24) is 10.6 Å². The van der Waals surface area contributed by atoms with Gasteiger partial charge >= 0.3 is 6.03 Å². The van der Waals surface area contributed by atoms with Crippen LogP contribution < -0.4 is 10.6 Å². The number of carbonyl (C=O) groups is 1. The van der Waals surface area contributed by atoms with Crippen molar-refractivity contribution in [2.75, 3.05) is 12.3 Å². The van der Waals surface area contributed by atoms with Crippen molar-refractivity contribution >= 4 is 17.8 Å². The Morgan fingerprint density at radius 2 is 2.00 bits per heavy atom. The number of benzene rings is 2. The minimum atomic E-state index is -0.547. The minimum absolute atomic E-state index is 0.224. The average molecular weight is 376 g/mol. The molecule has 1 aliphatic heterocycles. The van der Waals surface area contributed by atoms with E-state index in [2.05, 4.69) is 10.6 Å². The lowest BCUT2D eigenvalue weighted by Gasteiger charge is -2.29. The highest BCUT2D eigenvalue weighted by Crippen LogP contribution is 2.36. The maximum absolute atomic E-state index is 14.0. The number of rotatable bonds is 4. The van der Waals surface area contributed by atoms with Crippen LogP contribution in [0.15, 0.2) is 47.4 Å². The van der Waals surface area contributed by atoms with Crippen LogP contribution in [0.25, 0.3) is 0 Å². The first-order chi connectivity index (χ1) is 12.4. The summed E-state index contributed by atoms with van der Waals surface area (Å²) in [6.45, 7) is 4.05. The maximum atomic E-state index is 14.0. The molecule has 6 heteroatoms. The smallest absolute Gasteiger partial charge is 0.315 e. The SMILES string of the molecule is CC(C)(CNC(=O)NC1CCSc2ccc(F)cc21)c1ccccc1F. The van der Waals surface area contributed by atoms with Crippen LogP contribution in [0.3, 0.4) is 0 Å². The van der Waals surface area contributed by atoms with Gasteiger partial charge in [0.2, 0.25) is 0 Å². The molecule has 0 saturated heterocycles. The molecule has 2 aromatic rings. The van der Waals surface area contributed by atoms with Crippen molar-refractivity contribution in [3.8, 4) is 0 Å². The Hall–Kier alpha value is -2.08. The standard InChI is InChI=1S/C20H22F2N2OS/c1-20(2,15-5-3-4-6-16(15)22)12-23-19(25)24-17-9-10-26-18-8-7-13(21)11-14(17)18/h3-8,11,17H,9-10,12H2,1-2H3,(H2,23,24,25). The molecule has 1 aliphatic rings. The van der Waals surface area contributed by atoms with Crippen LogP contribution in [0.2, 0.25) is 0 Å². The monoisotopic (exact) mass is 376 g/mol. The van der Waals surface area contributed by atoms with Gasteiger partial charge in [-0.2, -0.15) is 0 Å². The summed E-state index contributed by atoms with van der Waals surface area (Å²) in [6, 6.07) is 10.7. The van der Waals surface area contributed by atoms with Gasteiger partial charge in [0.1, 0.15) is 11.6 Å². The second-order valence-corrected chi connectivity index (χ2v) is 8.20. The Labute approximate surface area is 156 Å². The minimum Gasteiger partial charge on any atom is -0.337 e. The predicted molar refractivity (Wildman–Crippen MR) is 100 cm³/mol. The highest BCUT2D eigenvalue weighted by molar-refractivity contribution is 7.99. The predicted octanol–water partition coefficient (Wildman–Crippen LogP) is 4.78. The van der Waals surface area contributed by atoms with Crippen LogP contribution in [-0.2, 0) is 5.41 Å². The van der Waals surface area contributed by atoms with Gasteiger partial charge in [-0.3, -0.25) is 0 Å². The Balaban J connectivity index is 1.64. The van der Waals surface area contributed by atoms with Gasteiger partial charge in [-0.25, -0.2) is 13.6 Å². The van der Waals surface area contributed by atoms with Crippen molar-refractivity contribution in [2.24, 2.45) is 0 Å². The fourth-order valence-corrected chi connectivity index (χ4v) is 4.24. The van der Waals surface area contributed by atoms with E-state index in [1.807, 2.05) is 13.8 Å². The number of fused-ring (bicyclic) bond motifs is 1. The first kappa shape index (κ1) is 18.7. The molecule has 0 fully saturated rings. The van der Waals surface area contributed by atoms with E-state index < -0.39 is 5.41 Å². The second-order valence-electron chi connectivity index (χ2n) is 7.06. The van der Waals surface area contributed by atoms with E-state index in [0.717, 1.165) is 22.6 Å². The molecule has 0 aromatic heterocycles. The first-order valence-corrected chi connectivity index (χ1v) is 9.57. The number of thioether (sulfide) groups is 1. The summed E-state index contributed by atoms with van der Waals surface area (Å²) in [5.41, 5.74) is 0.821. The van der Waals surface area contributed by atoms with E-state index >= 15 is 0 Å². The quantitative estimate of drug-likeness (QED) is 0.806. The third-order valence-electron chi connectivity index (χ3n) is 4.61. The summed E-state index contributed by atoms with van der Waals surface area (Å²) in [5.74, 6) is 0.275. The summed E-state index contributed by atoms with van der Waals surface area (Å²) in [6.07, 6.45) is 0.741. The number of amides is 2. The van der Waals surface area contributed by atoms with Crippen LogP contribution >= 0.6 is 11.8 Å². The molecule has 0 aliphatic carbocycles. The van der Waals surface area contributed by atoms with Gasteiger partial charge in [-0.15, -0.1) is 11.8 Å². The summed E-state index contributed by atoms with van der Waals surface area (Å²) in [7, 11) is 0. The summed E-state index contributed by atoms with van der Waals surface area (Å²) in [4.78, 5) is 13.3. The van der Waals surface area contributed by atoms with Crippen molar-refractivity contribution < 1.29 is 13.6 Å². The number of nitrogens with one attached hydrogen (secondary N) is 2. The maximum Gasteiger partial charge on any atom is 0.315 e. The third-order valence-corrected chi connectivity index (χ3v) is 5.73. The van der Waals surface area contributed by atoms with Crippen LogP contribution in [0.5, 0.6) is 0 Å². The molecule has 2 N–H and O–H groups in total. The largest absolute Gasteiger partial charge is 0.337 e. The molecule has 3 nitrogen and oxygen atoms in total. The molecule has 3 rings (SSSR count). The molecule has 1 heterocycles. The zero-order valence-corrected chi connectivity index (χ0v) is 15.6. The van der Waals surface area contributed by atoms with Crippen LogP contribution in [-0.4, -0.2) is 18.3 Å². The molecule has 0 saturated carbocycles. The van der Waals surface area contributed by atoms with Gasteiger partial charge < -0.3 is 10.6 Å². The van der Waals surface area contributed by atoms with E-state index in [1.54, 1.807) is 36.0 Å². The first-order valence-electron chi connectivity index (χ1n) is 8.58. The van der Waals surface area contributed by atoms with Gasteiger partial charge in [0.05, 0.1) is 6.04 Å². The molecule has 0 radical (unpaired) electrons. The highest BCUT2D eigenvalue weighted by atomic mass is 32.2. The molecule has 2 aromatic carbocycles. The fourth-order valence-electron chi connectivity index (χ4n) is 3.13. The van der Waals surface area contributed by atoms with E-state index in [-0.39, 0.29) is 30.3 Å². The van der Waals surface area contributed by atoms with E-state index in [1.165, 1.54) is 18.2 Å². The van der Waals surface area contributed by atoms with Crippen molar-refractivity contribution in [1.29, 1.82) is 0 Å². The van der Waals surface area contributed by atoms with Crippen LogP contribution in [0, 0.1) is 11.6 Å². The molecule has 2 amide bonds. The lowest BCUT2D eigenvalue weighted by atomic mass is 9.84. The van der Waals surface area contributed by atoms with E-state index in [4.69, 9.17) is 0 Å². The summed E-state index contributed by atoms with van der Waals surface area (Å²) >= 11 is 1.66. The van der Waals surface area contributed by atoms with Crippen molar-refractivity contribution in [2.45, 2.75) is 36.6 Å². The molecule has 0 spiro atoms. The van der Waals surface area contributed by atoms with E-state index in [9.17, 15) is 13.6 Å². The van der Waals surface area contributed by atoms with Crippen LogP contribution in [0.4, 0.5) is 13.6 Å². The molecular weight excluding hydrogens is 354 g/mol. The topological polar surface area (TPSA) is 41.1 Å². The van der Waals surface area contributed by atoms with Gasteiger partial charge in [-0.05, 0) is 41.8 Å². The number of carbonyl (C=O) groups excluding carboxylic acids is 1. The average Bonchev–Trinajstić information content (AvgIpc) is 2.61. The summed E-state index contributed by atoms with van der Waals surface area (Å²) < 4.78 is 27.6. The van der Waals surface area contributed by atoms with Gasteiger partial charge in [0.25, 0.3) is 0 Å². The second kappa shape index (κ2) is 7.66. The molecule has 138 valence electrons. The molecular formula is C20H22F2N2OS. The highest BCUT2D eigenvalue weighted by Gasteiger charge is 2.26. The zero-order chi connectivity index (χ0) is 18.7. The Kier molecular flexibility index (Phi) is 5.51. The van der Waals surface area contributed by atoms with E-state index in [0.29, 0.717) is 5.56 Å². The Bertz CT molecular complexity index is 810. The van der Waals surface area contributed by atoms with Gasteiger partial charge in [0, 0.05) is 22.6 Å². The van der Waals surface area contributed by atoms with Gasteiger partial charge in [0.15, 0.2) is 0 Å². The lowest BCUT2D eigenvalue weighted by Crippen LogP contribution is -2.44. The number of urea groups is 1. The number of halogens is 2. The number of hydrogen-bond donors (Lipinski definition) is 2. The third kappa shape index (κ3) is 4.18. The number of hydrogen-bond acceptors (Lipinski definition) is 2. The van der Waals surface area contributed by atoms with Crippen LogP contribution in [0.1, 0.15) is 37.4 Å². The zero-order valence-electron chi connectivity index (χ0n) is 14.8. The molecule has 1 unspecified atom stereocenters. The molecule has 1 atom stereocenters. The normalized spacial score (nSPS) is 16.7. The molecule has 26 heavy (non-hydrogen) atoms. The summed E-state index contributed by atoms with van der Waals surface area (Å²) in [5, 5.41) is 5.74. The Morgan fingerprint density at radius 1 is 1.23 bits per heavy atom. The molecule has 0 bridgehead atoms. The van der Waals surface area contributed by atoms with Crippen molar-refractivity contribution in [3.05, 3.63) is 65.2 Å². The Morgan fingerprint density at radius 3 is 2.77 bits per heavy atom. The van der Waals surface area contributed by atoms with Gasteiger partial charge in [-0.1, -0.05) is 32.0 Å². The lowest BCUT2D eigenvalue weighted by molar-refractivity contribution is 0.233. The fraction of sp³-hybridized carbons (Fsp3) is 0.350.